The monoisotopic (exact) mass is 332 g/mol. The molecule has 1 atom stereocenters. The first-order valence-corrected chi connectivity index (χ1v) is 7.87. The van der Waals surface area contributed by atoms with Gasteiger partial charge in [0.25, 0.3) is 0 Å². The molecule has 1 N–H and O–H groups in total. The summed E-state index contributed by atoms with van der Waals surface area (Å²) in [5.41, 5.74) is 0. The van der Waals surface area contributed by atoms with Crippen molar-refractivity contribution in [3.63, 3.8) is 0 Å². The Balaban J connectivity index is 2.50. The number of amides is 1. The van der Waals surface area contributed by atoms with Gasteiger partial charge < -0.3 is 10.2 Å². The molecule has 0 fully saturated rings. The van der Waals surface area contributed by atoms with Crippen LogP contribution in [-0.2, 0) is 11.3 Å². The van der Waals surface area contributed by atoms with Crippen LogP contribution in [-0.4, -0.2) is 29.9 Å². The predicted molar refractivity (Wildman–Crippen MR) is 81.0 cm³/mol. The third-order valence-electron chi connectivity index (χ3n) is 2.94. The van der Waals surface area contributed by atoms with E-state index in [0.717, 1.165) is 24.1 Å². The number of nitrogens with zero attached hydrogens (tertiary/aromatic N) is 1. The van der Waals surface area contributed by atoms with Gasteiger partial charge in [-0.05, 0) is 49.7 Å². The molecule has 1 aromatic heterocycles. The van der Waals surface area contributed by atoms with Gasteiger partial charge in [-0.3, -0.25) is 4.79 Å². The van der Waals surface area contributed by atoms with Crippen LogP contribution in [0.4, 0.5) is 0 Å². The topological polar surface area (TPSA) is 32.3 Å². The molecule has 0 saturated carbocycles. The van der Waals surface area contributed by atoms with E-state index in [1.807, 2.05) is 25.7 Å². The maximum atomic E-state index is 12.1. The Labute approximate surface area is 122 Å². The third kappa shape index (κ3) is 4.07. The quantitative estimate of drug-likeness (QED) is 0.867. The molecule has 0 bridgehead atoms. The van der Waals surface area contributed by atoms with Crippen LogP contribution >= 0.6 is 27.3 Å². The number of carbonyl (C=O) groups is 1. The molecule has 5 heteroatoms. The van der Waals surface area contributed by atoms with Crippen LogP contribution < -0.4 is 5.32 Å². The lowest BCUT2D eigenvalue weighted by Crippen LogP contribution is -2.44. The maximum absolute atomic E-state index is 12.1. The summed E-state index contributed by atoms with van der Waals surface area (Å²) >= 11 is 5.26. The first-order chi connectivity index (χ1) is 8.49. The van der Waals surface area contributed by atoms with Gasteiger partial charge in [-0.1, -0.05) is 0 Å². The zero-order chi connectivity index (χ0) is 13.7. The van der Waals surface area contributed by atoms with Gasteiger partial charge in [-0.25, -0.2) is 0 Å². The second-order valence-corrected chi connectivity index (χ2v) is 6.43. The van der Waals surface area contributed by atoms with E-state index in [9.17, 15) is 4.79 Å². The van der Waals surface area contributed by atoms with E-state index in [-0.39, 0.29) is 11.9 Å². The van der Waals surface area contributed by atoms with Gasteiger partial charge in [0.15, 0.2) is 0 Å². The molecule has 0 spiro atoms. The van der Waals surface area contributed by atoms with Crippen molar-refractivity contribution in [1.29, 1.82) is 0 Å². The Morgan fingerprint density at radius 1 is 1.50 bits per heavy atom. The molecular weight excluding hydrogens is 312 g/mol. The molecular formula is C13H21BrN2OS. The Morgan fingerprint density at radius 2 is 2.11 bits per heavy atom. The molecule has 1 rings (SSSR count). The summed E-state index contributed by atoms with van der Waals surface area (Å²) in [6.45, 7) is 10.3. The Kier molecular flexibility index (Phi) is 6.32. The van der Waals surface area contributed by atoms with Crippen molar-refractivity contribution in [3.8, 4) is 0 Å². The van der Waals surface area contributed by atoms with Gasteiger partial charge >= 0.3 is 0 Å². The minimum atomic E-state index is -0.133. The minimum Gasteiger partial charge on any atom is -0.342 e. The van der Waals surface area contributed by atoms with E-state index in [2.05, 4.69) is 34.2 Å². The minimum absolute atomic E-state index is 0.133. The molecule has 0 aliphatic heterocycles. The summed E-state index contributed by atoms with van der Waals surface area (Å²) in [7, 11) is 0. The molecule has 0 aliphatic carbocycles. The van der Waals surface area contributed by atoms with Crippen LogP contribution in [0.15, 0.2) is 10.5 Å². The zero-order valence-corrected chi connectivity index (χ0v) is 13.8. The highest BCUT2D eigenvalue weighted by Crippen LogP contribution is 2.26. The van der Waals surface area contributed by atoms with Gasteiger partial charge in [0.2, 0.25) is 5.91 Å². The third-order valence-corrected chi connectivity index (χ3v) is 5.07. The second kappa shape index (κ2) is 7.26. The van der Waals surface area contributed by atoms with Crippen molar-refractivity contribution >= 4 is 33.2 Å². The van der Waals surface area contributed by atoms with Gasteiger partial charge in [0.1, 0.15) is 0 Å². The number of hydrogen-bond acceptors (Lipinski definition) is 3. The van der Waals surface area contributed by atoms with Crippen molar-refractivity contribution in [2.75, 3.05) is 13.1 Å². The van der Waals surface area contributed by atoms with Crippen molar-refractivity contribution in [3.05, 3.63) is 20.3 Å². The molecule has 1 amide bonds. The number of rotatable bonds is 6. The number of halogens is 1. The normalized spacial score (nSPS) is 12.5. The molecule has 0 aromatic carbocycles. The van der Waals surface area contributed by atoms with Crippen molar-refractivity contribution in [2.24, 2.45) is 0 Å². The first kappa shape index (κ1) is 15.7. The number of aryl methyl sites for hydroxylation is 1. The number of thiophene rings is 1. The van der Waals surface area contributed by atoms with E-state index in [1.165, 1.54) is 9.75 Å². The molecule has 0 saturated heterocycles. The Bertz CT molecular complexity index is 382. The summed E-state index contributed by atoms with van der Waals surface area (Å²) in [4.78, 5) is 16.4. The van der Waals surface area contributed by atoms with Crippen LogP contribution in [0.1, 0.15) is 30.5 Å². The first-order valence-electron chi connectivity index (χ1n) is 6.26. The number of carbonyl (C=O) groups excluding carboxylic acids is 1. The molecule has 0 aliphatic rings. The van der Waals surface area contributed by atoms with Crippen LogP contribution in [0.25, 0.3) is 0 Å². The Hall–Kier alpha value is -0.390. The van der Waals surface area contributed by atoms with Crippen LogP contribution in [0, 0.1) is 6.92 Å². The van der Waals surface area contributed by atoms with E-state index < -0.39 is 0 Å². The summed E-state index contributed by atoms with van der Waals surface area (Å²) in [5.74, 6) is 0.173. The lowest BCUT2D eigenvalue weighted by atomic mass is 10.2. The molecule has 102 valence electrons. The van der Waals surface area contributed by atoms with Gasteiger partial charge in [0.05, 0.1) is 6.04 Å². The van der Waals surface area contributed by atoms with E-state index in [1.54, 1.807) is 11.3 Å². The number of nitrogens with one attached hydrogen (secondary N) is 1. The van der Waals surface area contributed by atoms with Crippen molar-refractivity contribution in [2.45, 2.75) is 40.3 Å². The summed E-state index contributed by atoms with van der Waals surface area (Å²) in [6.07, 6.45) is 0. The average molecular weight is 333 g/mol. The lowest BCUT2D eigenvalue weighted by Gasteiger charge is -2.23. The predicted octanol–water partition coefficient (Wildman–Crippen LogP) is 3.17. The molecule has 18 heavy (non-hydrogen) atoms. The van der Waals surface area contributed by atoms with Gasteiger partial charge in [-0.2, -0.15) is 0 Å². The van der Waals surface area contributed by atoms with Crippen LogP contribution in [0.5, 0.6) is 0 Å². The highest BCUT2D eigenvalue weighted by molar-refractivity contribution is 9.10. The highest BCUT2D eigenvalue weighted by Gasteiger charge is 2.17. The largest absolute Gasteiger partial charge is 0.342 e. The van der Waals surface area contributed by atoms with Gasteiger partial charge in [-0.15, -0.1) is 11.3 Å². The number of likely N-dealkylation sites (N-methyl/N-ethyl adjacent to an activating group) is 1. The van der Waals surface area contributed by atoms with Crippen molar-refractivity contribution < 1.29 is 4.79 Å². The molecule has 0 radical (unpaired) electrons. The van der Waals surface area contributed by atoms with E-state index >= 15 is 0 Å². The summed E-state index contributed by atoms with van der Waals surface area (Å²) in [6, 6.07) is 1.98. The van der Waals surface area contributed by atoms with E-state index in [0.29, 0.717) is 0 Å². The average Bonchev–Trinajstić information content (AvgIpc) is 2.67. The summed E-state index contributed by atoms with van der Waals surface area (Å²) in [5, 5.41) is 3.29. The van der Waals surface area contributed by atoms with E-state index in [4.69, 9.17) is 0 Å². The summed E-state index contributed by atoms with van der Waals surface area (Å²) < 4.78 is 1.15. The second-order valence-electron chi connectivity index (χ2n) is 4.23. The van der Waals surface area contributed by atoms with Crippen LogP contribution in [0.2, 0.25) is 0 Å². The lowest BCUT2D eigenvalue weighted by molar-refractivity contribution is -0.132. The standard InChI is InChI=1S/C13H21BrN2OS/c1-5-16(6-2)13(17)9(3)15-8-11-7-12(14)10(4)18-11/h7,9,15H,5-6,8H2,1-4H3. The molecule has 1 heterocycles. The smallest absolute Gasteiger partial charge is 0.239 e. The Morgan fingerprint density at radius 3 is 2.56 bits per heavy atom. The fourth-order valence-electron chi connectivity index (χ4n) is 1.76. The van der Waals surface area contributed by atoms with Crippen molar-refractivity contribution in [1.82, 2.24) is 10.2 Å². The fourth-order valence-corrected chi connectivity index (χ4v) is 3.31. The van der Waals surface area contributed by atoms with Gasteiger partial charge in [0, 0.05) is 33.9 Å². The highest BCUT2D eigenvalue weighted by atomic mass is 79.9. The maximum Gasteiger partial charge on any atom is 0.239 e. The van der Waals surface area contributed by atoms with Crippen LogP contribution in [0.3, 0.4) is 0 Å². The fraction of sp³-hybridized carbons (Fsp3) is 0.615. The molecule has 1 aromatic rings. The molecule has 3 nitrogen and oxygen atoms in total. The number of hydrogen-bond donors (Lipinski definition) is 1. The zero-order valence-electron chi connectivity index (χ0n) is 11.4. The SMILES string of the molecule is CCN(CC)C(=O)C(C)NCc1cc(Br)c(C)s1. The molecule has 1 unspecified atom stereocenters.